The smallest absolute Gasteiger partial charge is 0.116 e. The van der Waals surface area contributed by atoms with Crippen LogP contribution < -0.4 is 0 Å². The van der Waals surface area contributed by atoms with Crippen molar-refractivity contribution in [3.8, 4) is 16.9 Å². The molecule has 0 spiro atoms. The summed E-state index contributed by atoms with van der Waals surface area (Å²) < 4.78 is 0. The molecule has 76 valence electrons. The van der Waals surface area contributed by atoms with Crippen molar-refractivity contribution in [2.45, 2.75) is 6.92 Å². The molecule has 0 saturated heterocycles. The predicted octanol–water partition coefficient (Wildman–Crippen LogP) is 4.02. The number of rotatable bonds is 1. The maximum atomic E-state index is 9.38. The number of aryl methyl sites for hydroxylation is 1. The molecule has 2 aromatic rings. The molecule has 0 atom stereocenters. The highest BCUT2D eigenvalue weighted by Crippen LogP contribution is 2.26. The lowest BCUT2D eigenvalue weighted by molar-refractivity contribution is 0.475. The van der Waals surface area contributed by atoms with Crippen LogP contribution in [-0.2, 0) is 0 Å². The zero-order valence-electron chi connectivity index (χ0n) is 8.37. The highest BCUT2D eigenvalue weighted by molar-refractivity contribution is 6.30. The summed E-state index contributed by atoms with van der Waals surface area (Å²) in [6.07, 6.45) is 0. The molecule has 0 bridgehead atoms. The molecule has 0 fully saturated rings. The first-order chi connectivity index (χ1) is 7.15. The first-order valence-electron chi connectivity index (χ1n) is 4.72. The summed E-state index contributed by atoms with van der Waals surface area (Å²) in [6, 6.07) is 13.0. The van der Waals surface area contributed by atoms with Crippen molar-refractivity contribution in [2.24, 2.45) is 0 Å². The van der Waals surface area contributed by atoms with Crippen molar-refractivity contribution >= 4 is 11.6 Å². The number of hydrogen-bond donors (Lipinski definition) is 1. The standard InChI is InChI=1S/C13H11ClO/c1-9-5-11(7-12(14)6-9)10-3-2-4-13(15)8-10/h2-8,15H,1H3. The monoisotopic (exact) mass is 218 g/mol. The number of aromatic hydroxyl groups is 1. The summed E-state index contributed by atoms with van der Waals surface area (Å²) in [7, 11) is 0. The van der Waals surface area contributed by atoms with Crippen LogP contribution in [0.4, 0.5) is 0 Å². The first kappa shape index (κ1) is 10.1. The lowest BCUT2D eigenvalue weighted by Crippen LogP contribution is -1.80. The zero-order chi connectivity index (χ0) is 10.8. The lowest BCUT2D eigenvalue weighted by Gasteiger charge is -2.04. The van der Waals surface area contributed by atoms with Gasteiger partial charge < -0.3 is 5.11 Å². The van der Waals surface area contributed by atoms with Gasteiger partial charge in [0.1, 0.15) is 5.75 Å². The molecule has 0 unspecified atom stereocenters. The minimum absolute atomic E-state index is 0.269. The Kier molecular flexibility index (Phi) is 2.65. The van der Waals surface area contributed by atoms with Crippen LogP contribution in [0.25, 0.3) is 11.1 Å². The Labute approximate surface area is 94.0 Å². The van der Waals surface area contributed by atoms with Gasteiger partial charge in [0.25, 0.3) is 0 Å². The highest BCUT2D eigenvalue weighted by atomic mass is 35.5. The minimum Gasteiger partial charge on any atom is -0.508 e. The second-order valence-electron chi connectivity index (χ2n) is 3.57. The lowest BCUT2D eigenvalue weighted by atomic mass is 10.0. The Hall–Kier alpha value is -1.47. The van der Waals surface area contributed by atoms with Crippen molar-refractivity contribution in [1.29, 1.82) is 0 Å². The van der Waals surface area contributed by atoms with E-state index in [-0.39, 0.29) is 5.75 Å². The molecule has 0 saturated carbocycles. The van der Waals surface area contributed by atoms with Crippen molar-refractivity contribution in [3.63, 3.8) is 0 Å². The second kappa shape index (κ2) is 3.95. The third-order valence-electron chi connectivity index (χ3n) is 2.22. The van der Waals surface area contributed by atoms with Gasteiger partial charge in [-0.05, 0) is 47.9 Å². The molecular weight excluding hydrogens is 208 g/mol. The van der Waals surface area contributed by atoms with Crippen LogP contribution in [0.2, 0.25) is 5.02 Å². The van der Waals surface area contributed by atoms with Crippen LogP contribution in [0.3, 0.4) is 0 Å². The van der Waals surface area contributed by atoms with Gasteiger partial charge in [-0.1, -0.05) is 29.8 Å². The molecule has 2 aromatic carbocycles. The third kappa shape index (κ3) is 2.31. The van der Waals surface area contributed by atoms with E-state index in [1.165, 1.54) is 0 Å². The molecule has 0 heterocycles. The van der Waals surface area contributed by atoms with Crippen molar-refractivity contribution in [1.82, 2.24) is 0 Å². The molecule has 2 rings (SSSR count). The van der Waals surface area contributed by atoms with Crippen molar-refractivity contribution in [2.75, 3.05) is 0 Å². The van der Waals surface area contributed by atoms with Crippen molar-refractivity contribution < 1.29 is 5.11 Å². The van der Waals surface area contributed by atoms with Crippen LogP contribution in [-0.4, -0.2) is 5.11 Å². The van der Waals surface area contributed by atoms with E-state index in [1.807, 2.05) is 37.3 Å². The average Bonchev–Trinajstić information content (AvgIpc) is 2.16. The molecule has 0 radical (unpaired) electrons. The summed E-state index contributed by atoms with van der Waals surface area (Å²) in [6.45, 7) is 2.00. The van der Waals surface area contributed by atoms with E-state index >= 15 is 0 Å². The zero-order valence-corrected chi connectivity index (χ0v) is 9.12. The molecule has 1 nitrogen and oxygen atoms in total. The molecule has 0 aliphatic heterocycles. The van der Waals surface area contributed by atoms with Gasteiger partial charge in [-0.2, -0.15) is 0 Å². The Balaban J connectivity index is 2.54. The maximum Gasteiger partial charge on any atom is 0.116 e. The first-order valence-corrected chi connectivity index (χ1v) is 5.09. The highest BCUT2D eigenvalue weighted by Gasteiger charge is 2.00. The quantitative estimate of drug-likeness (QED) is 0.767. The summed E-state index contributed by atoms with van der Waals surface area (Å²) in [5.41, 5.74) is 3.11. The van der Waals surface area contributed by atoms with E-state index in [2.05, 4.69) is 0 Å². The SMILES string of the molecule is Cc1cc(Cl)cc(-c2cccc(O)c2)c1. The van der Waals surface area contributed by atoms with Crippen LogP contribution in [0.5, 0.6) is 5.75 Å². The topological polar surface area (TPSA) is 20.2 Å². The number of hydrogen-bond acceptors (Lipinski definition) is 1. The fourth-order valence-electron chi connectivity index (χ4n) is 1.59. The number of benzene rings is 2. The van der Waals surface area contributed by atoms with Crippen LogP contribution >= 0.6 is 11.6 Å². The van der Waals surface area contributed by atoms with Gasteiger partial charge in [0.05, 0.1) is 0 Å². The molecular formula is C13H11ClO. The van der Waals surface area contributed by atoms with E-state index in [4.69, 9.17) is 11.6 Å². The maximum absolute atomic E-state index is 9.38. The van der Waals surface area contributed by atoms with Gasteiger partial charge in [-0.25, -0.2) is 0 Å². The van der Waals surface area contributed by atoms with E-state index in [1.54, 1.807) is 12.1 Å². The molecule has 0 amide bonds. The number of halogens is 1. The third-order valence-corrected chi connectivity index (χ3v) is 2.44. The van der Waals surface area contributed by atoms with E-state index < -0.39 is 0 Å². The normalized spacial score (nSPS) is 10.3. The summed E-state index contributed by atoms with van der Waals surface area (Å²) >= 11 is 5.98. The summed E-state index contributed by atoms with van der Waals surface area (Å²) in [5, 5.41) is 10.1. The molecule has 0 aliphatic rings. The average molecular weight is 219 g/mol. The van der Waals surface area contributed by atoms with Gasteiger partial charge in [0.15, 0.2) is 0 Å². The predicted molar refractivity (Wildman–Crippen MR) is 63.3 cm³/mol. The summed E-state index contributed by atoms with van der Waals surface area (Å²) in [5.74, 6) is 0.269. The second-order valence-corrected chi connectivity index (χ2v) is 4.00. The molecule has 15 heavy (non-hydrogen) atoms. The Morgan fingerprint density at radius 1 is 1.00 bits per heavy atom. The van der Waals surface area contributed by atoms with Gasteiger partial charge in [0.2, 0.25) is 0 Å². The van der Waals surface area contributed by atoms with Gasteiger partial charge in [-0.3, -0.25) is 0 Å². The minimum atomic E-state index is 0.269. The largest absolute Gasteiger partial charge is 0.508 e. The van der Waals surface area contributed by atoms with Gasteiger partial charge in [0, 0.05) is 5.02 Å². The number of phenols is 1. The fourth-order valence-corrected chi connectivity index (χ4v) is 1.88. The molecule has 1 N–H and O–H groups in total. The molecule has 2 heteroatoms. The number of phenolic OH excluding ortho intramolecular Hbond substituents is 1. The Bertz CT molecular complexity index is 471. The van der Waals surface area contributed by atoms with Crippen molar-refractivity contribution in [3.05, 3.63) is 53.1 Å². The summed E-state index contributed by atoms with van der Waals surface area (Å²) in [4.78, 5) is 0. The molecule has 0 aromatic heterocycles. The van der Waals surface area contributed by atoms with Crippen LogP contribution in [0.15, 0.2) is 42.5 Å². The van der Waals surface area contributed by atoms with E-state index in [0.29, 0.717) is 5.02 Å². The van der Waals surface area contributed by atoms with Crippen LogP contribution in [0, 0.1) is 6.92 Å². The van der Waals surface area contributed by atoms with E-state index in [0.717, 1.165) is 16.7 Å². The Morgan fingerprint density at radius 2 is 1.80 bits per heavy atom. The van der Waals surface area contributed by atoms with Crippen LogP contribution in [0.1, 0.15) is 5.56 Å². The Morgan fingerprint density at radius 3 is 2.47 bits per heavy atom. The van der Waals surface area contributed by atoms with Gasteiger partial charge >= 0.3 is 0 Å². The molecule has 0 aliphatic carbocycles. The van der Waals surface area contributed by atoms with Gasteiger partial charge in [-0.15, -0.1) is 0 Å². The fraction of sp³-hybridized carbons (Fsp3) is 0.0769. The van der Waals surface area contributed by atoms with E-state index in [9.17, 15) is 5.11 Å².